The molecule has 0 atom stereocenters. The molecule has 0 unspecified atom stereocenters. The summed E-state index contributed by atoms with van der Waals surface area (Å²) in [5, 5.41) is 7.08. The van der Waals surface area contributed by atoms with Crippen molar-refractivity contribution in [3.8, 4) is 27.9 Å². The molecule has 0 aliphatic carbocycles. The number of benzene rings is 9. The fraction of sp³-hybridized carbons (Fsp3) is 0. The van der Waals surface area contributed by atoms with Gasteiger partial charge in [0.2, 0.25) is 0 Å². The van der Waals surface area contributed by atoms with Gasteiger partial charge in [0.1, 0.15) is 11.2 Å². The van der Waals surface area contributed by atoms with Crippen molar-refractivity contribution in [3.05, 3.63) is 206 Å². The standard InChI is InChI=1S/C52H34N2O/c1-3-13-35(14-4-1)37-15-11-18-43(32-37)53(48-22-12-23-49-52(48)45-20-7-9-21-47(45)54(49)41-16-5-2-6-17-41)42-29-27-36(28-30-42)38-25-26-39-34-51-46(33-40(39)31-38)44-19-8-10-24-50(44)55-51/h1-34H. The number of rotatable bonds is 6. The first-order valence-corrected chi connectivity index (χ1v) is 18.8. The number of nitrogens with zero attached hydrogens (tertiary/aromatic N) is 2. The Morgan fingerprint density at radius 3 is 1.87 bits per heavy atom. The summed E-state index contributed by atoms with van der Waals surface area (Å²) < 4.78 is 8.57. The molecule has 11 rings (SSSR count). The Balaban J connectivity index is 1.08. The van der Waals surface area contributed by atoms with Gasteiger partial charge in [-0.05, 0) is 112 Å². The lowest BCUT2D eigenvalue weighted by atomic mass is 9.99. The fourth-order valence-electron chi connectivity index (χ4n) is 8.38. The quantitative estimate of drug-likeness (QED) is 0.172. The molecule has 0 saturated heterocycles. The van der Waals surface area contributed by atoms with Gasteiger partial charge in [-0.3, -0.25) is 0 Å². The van der Waals surface area contributed by atoms with Gasteiger partial charge in [0.05, 0.1) is 16.7 Å². The third-order valence-corrected chi connectivity index (χ3v) is 10.9. The third kappa shape index (κ3) is 5.20. The lowest BCUT2D eigenvalue weighted by Crippen LogP contribution is -2.10. The van der Waals surface area contributed by atoms with Crippen molar-refractivity contribution in [2.45, 2.75) is 0 Å². The van der Waals surface area contributed by atoms with Gasteiger partial charge in [0, 0.05) is 38.6 Å². The number of aromatic nitrogens is 1. The molecule has 0 spiro atoms. The van der Waals surface area contributed by atoms with Gasteiger partial charge < -0.3 is 13.9 Å². The van der Waals surface area contributed by atoms with Crippen molar-refractivity contribution < 1.29 is 4.42 Å². The number of para-hydroxylation sites is 3. The molecule has 0 bridgehead atoms. The molecule has 9 aromatic carbocycles. The molecule has 0 saturated carbocycles. The van der Waals surface area contributed by atoms with Crippen molar-refractivity contribution in [3.63, 3.8) is 0 Å². The molecule has 0 N–H and O–H groups in total. The topological polar surface area (TPSA) is 21.3 Å². The number of hydrogen-bond acceptors (Lipinski definition) is 2. The first kappa shape index (κ1) is 31.2. The maximum Gasteiger partial charge on any atom is 0.136 e. The average Bonchev–Trinajstić information content (AvgIpc) is 3.79. The van der Waals surface area contributed by atoms with Crippen LogP contribution in [0.2, 0.25) is 0 Å². The second-order valence-electron chi connectivity index (χ2n) is 14.2. The van der Waals surface area contributed by atoms with Crippen LogP contribution in [0.15, 0.2) is 211 Å². The maximum absolute atomic E-state index is 6.18. The van der Waals surface area contributed by atoms with Gasteiger partial charge in [0.15, 0.2) is 0 Å². The van der Waals surface area contributed by atoms with E-state index in [9.17, 15) is 0 Å². The molecule has 2 aromatic heterocycles. The second kappa shape index (κ2) is 12.6. The lowest BCUT2D eigenvalue weighted by molar-refractivity contribution is 0.669. The zero-order chi connectivity index (χ0) is 36.3. The van der Waals surface area contributed by atoms with Crippen LogP contribution >= 0.6 is 0 Å². The predicted molar refractivity (Wildman–Crippen MR) is 231 cm³/mol. The Labute approximate surface area is 318 Å². The third-order valence-electron chi connectivity index (χ3n) is 10.9. The molecule has 0 fully saturated rings. The number of anilines is 3. The van der Waals surface area contributed by atoms with Gasteiger partial charge in [0.25, 0.3) is 0 Å². The molecule has 0 aliphatic rings. The van der Waals surface area contributed by atoms with Gasteiger partial charge in [-0.1, -0.05) is 127 Å². The minimum Gasteiger partial charge on any atom is -0.456 e. The van der Waals surface area contributed by atoms with Crippen molar-refractivity contribution in [1.82, 2.24) is 4.57 Å². The molecule has 0 aliphatic heterocycles. The molecular weight excluding hydrogens is 669 g/mol. The van der Waals surface area contributed by atoms with Crippen molar-refractivity contribution in [1.29, 1.82) is 0 Å². The normalized spacial score (nSPS) is 11.6. The minimum absolute atomic E-state index is 0.919. The monoisotopic (exact) mass is 702 g/mol. The van der Waals surface area contributed by atoms with Gasteiger partial charge in [-0.25, -0.2) is 0 Å². The lowest BCUT2D eigenvalue weighted by Gasteiger charge is -2.27. The van der Waals surface area contributed by atoms with E-state index in [-0.39, 0.29) is 0 Å². The highest BCUT2D eigenvalue weighted by atomic mass is 16.3. The average molecular weight is 703 g/mol. The highest BCUT2D eigenvalue weighted by Gasteiger charge is 2.21. The summed E-state index contributed by atoms with van der Waals surface area (Å²) in [7, 11) is 0. The van der Waals surface area contributed by atoms with Gasteiger partial charge >= 0.3 is 0 Å². The molecule has 0 radical (unpaired) electrons. The Bertz CT molecular complexity index is 3190. The Hall–Kier alpha value is -7.36. The number of hydrogen-bond donors (Lipinski definition) is 0. The summed E-state index contributed by atoms with van der Waals surface area (Å²) >= 11 is 0. The zero-order valence-electron chi connectivity index (χ0n) is 29.9. The van der Waals surface area contributed by atoms with Gasteiger partial charge in [-0.15, -0.1) is 0 Å². The molecule has 258 valence electrons. The molecule has 3 nitrogen and oxygen atoms in total. The van der Waals surface area contributed by atoms with Crippen LogP contribution in [0.4, 0.5) is 17.1 Å². The zero-order valence-corrected chi connectivity index (χ0v) is 29.9. The van der Waals surface area contributed by atoms with E-state index in [1.165, 1.54) is 54.8 Å². The SMILES string of the molecule is c1ccc(-c2cccc(N(c3ccc(-c4ccc5cc6oc7ccccc7c6cc5c4)cc3)c3cccc4c3c3ccccc3n4-c3ccccc3)c2)cc1. The van der Waals surface area contributed by atoms with E-state index >= 15 is 0 Å². The van der Waals surface area contributed by atoms with E-state index in [1.807, 2.05) is 12.1 Å². The summed E-state index contributed by atoms with van der Waals surface area (Å²) in [6.07, 6.45) is 0. The highest BCUT2D eigenvalue weighted by molar-refractivity contribution is 6.16. The summed E-state index contributed by atoms with van der Waals surface area (Å²) in [4.78, 5) is 2.42. The van der Waals surface area contributed by atoms with Crippen molar-refractivity contribution >= 4 is 71.6 Å². The van der Waals surface area contributed by atoms with Crippen LogP contribution in [0.5, 0.6) is 0 Å². The van der Waals surface area contributed by atoms with Crippen LogP contribution in [0, 0.1) is 0 Å². The van der Waals surface area contributed by atoms with Crippen LogP contribution in [0.3, 0.4) is 0 Å². The van der Waals surface area contributed by atoms with Crippen LogP contribution in [0.1, 0.15) is 0 Å². The van der Waals surface area contributed by atoms with E-state index in [1.54, 1.807) is 0 Å². The van der Waals surface area contributed by atoms with Crippen LogP contribution in [-0.2, 0) is 0 Å². The molecular formula is C52H34N2O. The number of fused-ring (bicyclic) bond motifs is 7. The molecule has 2 heterocycles. The van der Waals surface area contributed by atoms with Crippen molar-refractivity contribution in [2.75, 3.05) is 4.90 Å². The van der Waals surface area contributed by atoms with Crippen LogP contribution in [-0.4, -0.2) is 4.57 Å². The number of furan rings is 1. The van der Waals surface area contributed by atoms with E-state index in [4.69, 9.17) is 4.42 Å². The molecule has 0 amide bonds. The predicted octanol–water partition coefficient (Wildman–Crippen LogP) is 14.6. The smallest absolute Gasteiger partial charge is 0.136 e. The maximum atomic E-state index is 6.18. The Kier molecular flexibility index (Phi) is 7.17. The largest absolute Gasteiger partial charge is 0.456 e. The Morgan fingerprint density at radius 2 is 1.02 bits per heavy atom. The van der Waals surface area contributed by atoms with E-state index in [0.29, 0.717) is 0 Å². The first-order chi connectivity index (χ1) is 27.3. The molecule has 11 aromatic rings. The molecule has 55 heavy (non-hydrogen) atoms. The van der Waals surface area contributed by atoms with E-state index in [2.05, 4.69) is 204 Å². The van der Waals surface area contributed by atoms with Crippen LogP contribution < -0.4 is 4.90 Å². The fourth-order valence-corrected chi connectivity index (χ4v) is 8.38. The van der Waals surface area contributed by atoms with E-state index < -0.39 is 0 Å². The van der Waals surface area contributed by atoms with Crippen molar-refractivity contribution in [2.24, 2.45) is 0 Å². The van der Waals surface area contributed by atoms with Gasteiger partial charge in [-0.2, -0.15) is 0 Å². The highest BCUT2D eigenvalue weighted by Crippen LogP contribution is 2.45. The second-order valence-corrected chi connectivity index (χ2v) is 14.2. The summed E-state index contributed by atoms with van der Waals surface area (Å²) in [5.74, 6) is 0. The Morgan fingerprint density at radius 1 is 0.364 bits per heavy atom. The summed E-state index contributed by atoms with van der Waals surface area (Å²) in [6.45, 7) is 0. The van der Waals surface area contributed by atoms with E-state index in [0.717, 1.165) is 44.7 Å². The molecule has 3 heteroatoms. The summed E-state index contributed by atoms with van der Waals surface area (Å²) in [6, 6.07) is 74.1. The summed E-state index contributed by atoms with van der Waals surface area (Å²) in [5.41, 5.74) is 13.4. The first-order valence-electron chi connectivity index (χ1n) is 18.8. The minimum atomic E-state index is 0.919. The van der Waals surface area contributed by atoms with Crippen LogP contribution in [0.25, 0.3) is 82.5 Å².